The van der Waals surface area contributed by atoms with Crippen LogP contribution in [0, 0.1) is 5.92 Å². The Morgan fingerprint density at radius 3 is 2.76 bits per heavy atom. The van der Waals surface area contributed by atoms with Crippen molar-refractivity contribution in [2.24, 2.45) is 5.92 Å². The van der Waals surface area contributed by atoms with Gasteiger partial charge in [0.15, 0.2) is 0 Å². The van der Waals surface area contributed by atoms with Gasteiger partial charge in [-0.3, -0.25) is 0 Å². The average Bonchev–Trinajstić information content (AvgIpc) is 2.34. The molecule has 3 heteroatoms. The van der Waals surface area contributed by atoms with Crippen molar-refractivity contribution in [1.29, 1.82) is 0 Å². The lowest BCUT2D eigenvalue weighted by Crippen LogP contribution is -2.14. The van der Waals surface area contributed by atoms with Gasteiger partial charge in [-0.05, 0) is 18.5 Å². The molecule has 0 aliphatic heterocycles. The Morgan fingerprint density at radius 2 is 2.12 bits per heavy atom. The highest BCUT2D eigenvalue weighted by molar-refractivity contribution is 6.32. The van der Waals surface area contributed by atoms with E-state index in [9.17, 15) is 0 Å². The minimum Gasteiger partial charge on any atom is -0.491 e. The van der Waals surface area contributed by atoms with E-state index < -0.39 is 0 Å². The quantitative estimate of drug-likeness (QED) is 0.799. The van der Waals surface area contributed by atoms with E-state index in [1.807, 2.05) is 12.1 Å². The second-order valence-electron chi connectivity index (χ2n) is 4.33. The van der Waals surface area contributed by atoms with E-state index in [1.54, 1.807) is 0 Å². The number of ether oxygens (including phenoxy) is 1. The Balaban J connectivity index is 2.72. The largest absolute Gasteiger partial charge is 0.491 e. The molecule has 0 heterocycles. The molecule has 0 fully saturated rings. The predicted molar refractivity (Wildman–Crippen MR) is 73.8 cm³/mol. The van der Waals surface area contributed by atoms with Gasteiger partial charge in [-0.2, -0.15) is 0 Å². The van der Waals surface area contributed by atoms with Gasteiger partial charge in [0.25, 0.3) is 0 Å². The number of para-hydroxylation sites is 1. The van der Waals surface area contributed by atoms with Crippen LogP contribution in [0.4, 0.5) is 0 Å². The highest BCUT2D eigenvalue weighted by Gasteiger charge is 2.09. The number of hydrogen-bond donors (Lipinski definition) is 1. The van der Waals surface area contributed by atoms with Gasteiger partial charge in [0.1, 0.15) is 5.75 Å². The molecule has 2 nitrogen and oxygen atoms in total. The maximum atomic E-state index is 6.18. The smallest absolute Gasteiger partial charge is 0.142 e. The third kappa shape index (κ3) is 4.57. The minimum atomic E-state index is 0.554. The Bertz CT molecular complexity index is 341. The third-order valence-electron chi connectivity index (χ3n) is 2.82. The molecule has 0 radical (unpaired) electrons. The highest BCUT2D eigenvalue weighted by Crippen LogP contribution is 2.29. The summed E-state index contributed by atoms with van der Waals surface area (Å²) in [6.45, 7) is 8.90. The van der Waals surface area contributed by atoms with E-state index in [4.69, 9.17) is 16.3 Å². The lowest BCUT2D eigenvalue weighted by atomic mass is 10.1. The summed E-state index contributed by atoms with van der Waals surface area (Å²) in [5, 5.41) is 3.99. The van der Waals surface area contributed by atoms with Gasteiger partial charge in [-0.1, -0.05) is 50.9 Å². The van der Waals surface area contributed by atoms with Crippen molar-refractivity contribution in [1.82, 2.24) is 5.32 Å². The van der Waals surface area contributed by atoms with Crippen molar-refractivity contribution in [3.05, 3.63) is 28.8 Å². The molecule has 1 aromatic carbocycles. The number of hydrogen-bond acceptors (Lipinski definition) is 2. The lowest BCUT2D eigenvalue weighted by molar-refractivity contribution is 0.254. The summed E-state index contributed by atoms with van der Waals surface area (Å²) in [5.41, 5.74) is 1.13. The average molecular weight is 256 g/mol. The van der Waals surface area contributed by atoms with E-state index in [-0.39, 0.29) is 0 Å². The van der Waals surface area contributed by atoms with Crippen LogP contribution in [0.25, 0.3) is 0 Å². The van der Waals surface area contributed by atoms with E-state index in [0.29, 0.717) is 10.9 Å². The molecule has 1 atom stereocenters. The molecule has 1 rings (SSSR count). The van der Waals surface area contributed by atoms with Crippen LogP contribution in [-0.4, -0.2) is 13.2 Å². The van der Waals surface area contributed by atoms with Crippen LogP contribution in [0.15, 0.2) is 18.2 Å². The van der Waals surface area contributed by atoms with Crippen LogP contribution >= 0.6 is 11.6 Å². The van der Waals surface area contributed by atoms with E-state index in [2.05, 4.69) is 32.2 Å². The van der Waals surface area contributed by atoms with Crippen LogP contribution < -0.4 is 10.1 Å². The molecule has 1 aromatic rings. The van der Waals surface area contributed by atoms with Gasteiger partial charge in [0, 0.05) is 12.1 Å². The third-order valence-corrected chi connectivity index (χ3v) is 3.12. The molecule has 0 aliphatic rings. The maximum Gasteiger partial charge on any atom is 0.142 e. The fourth-order valence-corrected chi connectivity index (χ4v) is 1.71. The zero-order valence-electron chi connectivity index (χ0n) is 10.9. The SMILES string of the molecule is CCNCc1cccc(Cl)c1OCC(C)CC. The summed E-state index contributed by atoms with van der Waals surface area (Å²) >= 11 is 6.18. The van der Waals surface area contributed by atoms with Crippen molar-refractivity contribution >= 4 is 11.6 Å². The molecule has 0 aromatic heterocycles. The molecular formula is C14H22ClNO. The fourth-order valence-electron chi connectivity index (χ4n) is 1.46. The van der Waals surface area contributed by atoms with Crippen molar-refractivity contribution in [3.8, 4) is 5.75 Å². The molecule has 1 N–H and O–H groups in total. The number of nitrogens with one attached hydrogen (secondary N) is 1. The summed E-state index contributed by atoms with van der Waals surface area (Å²) in [6, 6.07) is 5.90. The molecule has 1 unspecified atom stereocenters. The van der Waals surface area contributed by atoms with E-state index >= 15 is 0 Å². The first kappa shape index (κ1) is 14.3. The molecule has 0 saturated carbocycles. The molecule has 17 heavy (non-hydrogen) atoms. The maximum absolute atomic E-state index is 6.18. The second-order valence-corrected chi connectivity index (χ2v) is 4.74. The molecular weight excluding hydrogens is 234 g/mol. The first-order chi connectivity index (χ1) is 8.19. The Labute approximate surface area is 109 Å². The van der Waals surface area contributed by atoms with Crippen molar-refractivity contribution in [2.45, 2.75) is 33.7 Å². The van der Waals surface area contributed by atoms with Gasteiger partial charge >= 0.3 is 0 Å². The summed E-state index contributed by atoms with van der Waals surface area (Å²) in [4.78, 5) is 0. The van der Waals surface area contributed by atoms with Gasteiger partial charge < -0.3 is 10.1 Å². The van der Waals surface area contributed by atoms with Gasteiger partial charge in [0.2, 0.25) is 0 Å². The monoisotopic (exact) mass is 255 g/mol. The zero-order valence-corrected chi connectivity index (χ0v) is 11.7. The first-order valence-electron chi connectivity index (χ1n) is 6.29. The van der Waals surface area contributed by atoms with Crippen LogP contribution in [0.5, 0.6) is 5.75 Å². The fraction of sp³-hybridized carbons (Fsp3) is 0.571. The second kappa shape index (κ2) is 7.57. The number of rotatable bonds is 7. The Kier molecular flexibility index (Phi) is 6.38. The highest BCUT2D eigenvalue weighted by atomic mass is 35.5. The minimum absolute atomic E-state index is 0.554. The van der Waals surface area contributed by atoms with Crippen molar-refractivity contribution in [2.75, 3.05) is 13.2 Å². The topological polar surface area (TPSA) is 21.3 Å². The van der Waals surface area contributed by atoms with Gasteiger partial charge in [-0.15, -0.1) is 0 Å². The molecule has 0 saturated heterocycles. The van der Waals surface area contributed by atoms with E-state index in [1.165, 1.54) is 0 Å². The van der Waals surface area contributed by atoms with Crippen molar-refractivity contribution < 1.29 is 4.74 Å². The summed E-state index contributed by atoms with van der Waals surface area (Å²) < 4.78 is 5.85. The Hall–Kier alpha value is -0.730. The standard InChI is InChI=1S/C14H22ClNO/c1-4-11(3)10-17-14-12(9-16-5-2)7-6-8-13(14)15/h6-8,11,16H,4-5,9-10H2,1-3H3. The van der Waals surface area contributed by atoms with Crippen LogP contribution in [0.3, 0.4) is 0 Å². The van der Waals surface area contributed by atoms with Gasteiger partial charge in [0.05, 0.1) is 11.6 Å². The summed E-state index contributed by atoms with van der Waals surface area (Å²) in [7, 11) is 0. The number of benzene rings is 1. The number of halogens is 1. The molecule has 0 amide bonds. The normalized spacial score (nSPS) is 12.5. The lowest BCUT2D eigenvalue weighted by Gasteiger charge is -2.16. The zero-order chi connectivity index (χ0) is 12.7. The molecule has 0 aliphatic carbocycles. The molecule has 96 valence electrons. The first-order valence-corrected chi connectivity index (χ1v) is 6.67. The van der Waals surface area contributed by atoms with Crippen molar-refractivity contribution in [3.63, 3.8) is 0 Å². The van der Waals surface area contributed by atoms with Crippen LogP contribution in [0.1, 0.15) is 32.8 Å². The predicted octanol–water partition coefficient (Wildman–Crippen LogP) is 3.87. The molecule has 0 spiro atoms. The van der Waals surface area contributed by atoms with Crippen LogP contribution in [0.2, 0.25) is 5.02 Å². The van der Waals surface area contributed by atoms with Crippen LogP contribution in [-0.2, 0) is 6.54 Å². The summed E-state index contributed by atoms with van der Waals surface area (Å²) in [5.74, 6) is 1.38. The molecule has 0 bridgehead atoms. The summed E-state index contributed by atoms with van der Waals surface area (Å²) in [6.07, 6.45) is 1.12. The van der Waals surface area contributed by atoms with E-state index in [0.717, 1.165) is 37.4 Å². The van der Waals surface area contributed by atoms with Gasteiger partial charge in [-0.25, -0.2) is 0 Å². The Morgan fingerprint density at radius 1 is 1.35 bits per heavy atom.